The van der Waals surface area contributed by atoms with E-state index in [0.29, 0.717) is 18.0 Å². The molecule has 6 heteroatoms. The van der Waals surface area contributed by atoms with Gasteiger partial charge < -0.3 is 9.84 Å². The third kappa shape index (κ3) is 3.21. The molecule has 2 rings (SSSR count). The third-order valence-electron chi connectivity index (χ3n) is 2.76. The number of rotatable bonds is 5. The molecular formula is C13H18N4O2. The summed E-state index contributed by atoms with van der Waals surface area (Å²) in [6.07, 6.45) is 2.61. The van der Waals surface area contributed by atoms with Gasteiger partial charge in [-0.15, -0.1) is 0 Å². The zero-order valence-electron chi connectivity index (χ0n) is 11.4. The predicted octanol–water partition coefficient (Wildman–Crippen LogP) is 1.94. The molecule has 0 saturated heterocycles. The molecule has 6 nitrogen and oxygen atoms in total. The number of carbonyl (C=O) groups excluding carboxylic acids is 1. The van der Waals surface area contributed by atoms with Crippen molar-refractivity contribution in [2.24, 2.45) is 0 Å². The highest BCUT2D eigenvalue weighted by atomic mass is 16.5. The first kappa shape index (κ1) is 13.3. The molecule has 1 amide bonds. The smallest absolute Gasteiger partial charge is 0.272 e. The number of aromatic nitrogens is 3. The largest absolute Gasteiger partial charge is 0.359 e. The van der Waals surface area contributed by atoms with Crippen LogP contribution >= 0.6 is 0 Å². The summed E-state index contributed by atoms with van der Waals surface area (Å²) in [7, 11) is 0. The van der Waals surface area contributed by atoms with Crippen LogP contribution < -0.4 is 5.32 Å². The van der Waals surface area contributed by atoms with E-state index in [1.165, 1.54) is 0 Å². The monoisotopic (exact) mass is 262 g/mol. The maximum Gasteiger partial charge on any atom is 0.272 e. The molecule has 0 fully saturated rings. The molecule has 0 saturated carbocycles. The fourth-order valence-electron chi connectivity index (χ4n) is 1.61. The molecule has 0 aliphatic rings. The summed E-state index contributed by atoms with van der Waals surface area (Å²) in [5, 5.41) is 10.8. The fraction of sp³-hybridized carbons (Fsp3) is 0.462. The van der Waals surface area contributed by atoms with Gasteiger partial charge in [-0.3, -0.25) is 9.48 Å². The molecule has 2 heterocycles. The van der Waals surface area contributed by atoms with Gasteiger partial charge in [-0.1, -0.05) is 12.1 Å². The van der Waals surface area contributed by atoms with E-state index >= 15 is 0 Å². The molecule has 0 spiro atoms. The van der Waals surface area contributed by atoms with Gasteiger partial charge in [0, 0.05) is 18.3 Å². The number of nitrogens with one attached hydrogen (secondary N) is 1. The molecule has 2 aromatic heterocycles. The molecule has 19 heavy (non-hydrogen) atoms. The van der Waals surface area contributed by atoms with Crippen molar-refractivity contribution in [3.05, 3.63) is 35.5 Å². The highest BCUT2D eigenvalue weighted by Gasteiger charge is 2.11. The number of hydrogen-bond donors (Lipinski definition) is 1. The Balaban J connectivity index is 1.93. The second-order valence-corrected chi connectivity index (χ2v) is 4.60. The maximum atomic E-state index is 11.9. The lowest BCUT2D eigenvalue weighted by Crippen LogP contribution is -2.23. The lowest BCUT2D eigenvalue weighted by Gasteiger charge is -2.03. The summed E-state index contributed by atoms with van der Waals surface area (Å²) < 4.78 is 6.84. The number of nitrogens with zero attached hydrogens (tertiary/aromatic N) is 3. The highest BCUT2D eigenvalue weighted by Crippen LogP contribution is 2.06. The lowest BCUT2D eigenvalue weighted by atomic mass is 10.3. The van der Waals surface area contributed by atoms with Crippen LogP contribution in [-0.4, -0.2) is 20.8 Å². The van der Waals surface area contributed by atoms with Crippen LogP contribution in [0.4, 0.5) is 0 Å². The zero-order valence-corrected chi connectivity index (χ0v) is 11.4. The van der Waals surface area contributed by atoms with Crippen molar-refractivity contribution in [3.8, 4) is 0 Å². The molecule has 0 radical (unpaired) electrons. The Labute approximate surface area is 111 Å². The summed E-state index contributed by atoms with van der Waals surface area (Å²) >= 11 is 0. The maximum absolute atomic E-state index is 11.9. The molecular weight excluding hydrogens is 244 g/mol. The van der Waals surface area contributed by atoms with Gasteiger partial charge in [-0.2, -0.15) is 5.10 Å². The molecule has 2 aromatic rings. The van der Waals surface area contributed by atoms with Crippen LogP contribution in [0.3, 0.4) is 0 Å². The summed E-state index contributed by atoms with van der Waals surface area (Å²) in [5.41, 5.74) is 1.29. The van der Waals surface area contributed by atoms with Crippen molar-refractivity contribution < 1.29 is 9.32 Å². The van der Waals surface area contributed by atoms with E-state index in [1.807, 2.05) is 26.8 Å². The average molecular weight is 262 g/mol. The summed E-state index contributed by atoms with van der Waals surface area (Å²) in [6, 6.07) is 3.78. The van der Waals surface area contributed by atoms with Crippen molar-refractivity contribution in [1.29, 1.82) is 0 Å². The van der Waals surface area contributed by atoms with E-state index in [0.717, 1.165) is 12.1 Å². The van der Waals surface area contributed by atoms with Crippen LogP contribution in [0.1, 0.15) is 48.8 Å². The number of carbonyl (C=O) groups is 1. The first-order valence-electron chi connectivity index (χ1n) is 6.38. The van der Waals surface area contributed by atoms with Crippen molar-refractivity contribution in [3.63, 3.8) is 0 Å². The van der Waals surface area contributed by atoms with Crippen LogP contribution in [0.15, 0.2) is 22.9 Å². The Morgan fingerprint density at radius 2 is 2.32 bits per heavy atom. The van der Waals surface area contributed by atoms with E-state index in [-0.39, 0.29) is 11.9 Å². The minimum atomic E-state index is -0.214. The Bertz CT molecular complexity index is 556. The third-order valence-corrected chi connectivity index (χ3v) is 2.76. The molecule has 0 bridgehead atoms. The molecule has 0 unspecified atom stereocenters. The summed E-state index contributed by atoms with van der Waals surface area (Å²) in [6.45, 7) is 6.34. The van der Waals surface area contributed by atoms with Crippen molar-refractivity contribution in [1.82, 2.24) is 20.3 Å². The normalized spacial score (nSPS) is 10.9. The van der Waals surface area contributed by atoms with Crippen LogP contribution in [0.25, 0.3) is 0 Å². The molecule has 0 aromatic carbocycles. The van der Waals surface area contributed by atoms with Crippen LogP contribution in [0, 0.1) is 0 Å². The van der Waals surface area contributed by atoms with E-state index in [4.69, 9.17) is 4.52 Å². The molecule has 0 aliphatic heterocycles. The Hall–Kier alpha value is -2.11. The van der Waals surface area contributed by atoms with E-state index in [1.54, 1.807) is 16.9 Å². The number of aryl methyl sites for hydroxylation is 1. The van der Waals surface area contributed by atoms with Gasteiger partial charge in [-0.05, 0) is 26.3 Å². The minimum absolute atomic E-state index is 0.214. The average Bonchev–Trinajstić information content (AvgIpc) is 3.04. The molecule has 0 atom stereocenters. The SMILES string of the molecule is CCc1cc(CNC(=O)c2ccn(C(C)C)n2)on1. The van der Waals surface area contributed by atoms with E-state index < -0.39 is 0 Å². The van der Waals surface area contributed by atoms with Crippen molar-refractivity contribution >= 4 is 5.91 Å². The Morgan fingerprint density at radius 3 is 2.89 bits per heavy atom. The van der Waals surface area contributed by atoms with Crippen LogP contribution in [-0.2, 0) is 13.0 Å². The zero-order chi connectivity index (χ0) is 13.8. The highest BCUT2D eigenvalue weighted by molar-refractivity contribution is 5.92. The summed E-state index contributed by atoms with van der Waals surface area (Å²) in [5.74, 6) is 0.433. The van der Waals surface area contributed by atoms with Gasteiger partial charge in [0.1, 0.15) is 5.69 Å². The second-order valence-electron chi connectivity index (χ2n) is 4.60. The summed E-state index contributed by atoms with van der Waals surface area (Å²) in [4.78, 5) is 11.9. The van der Waals surface area contributed by atoms with Crippen molar-refractivity contribution in [2.75, 3.05) is 0 Å². The van der Waals surface area contributed by atoms with Gasteiger partial charge in [0.05, 0.1) is 12.2 Å². The Kier molecular flexibility index (Phi) is 3.99. The number of hydrogen-bond acceptors (Lipinski definition) is 4. The molecule has 102 valence electrons. The molecule has 0 aliphatic carbocycles. The lowest BCUT2D eigenvalue weighted by molar-refractivity contribution is 0.0941. The minimum Gasteiger partial charge on any atom is -0.359 e. The van der Waals surface area contributed by atoms with Gasteiger partial charge in [0.25, 0.3) is 5.91 Å². The first-order valence-corrected chi connectivity index (χ1v) is 6.38. The predicted molar refractivity (Wildman–Crippen MR) is 69.7 cm³/mol. The van der Waals surface area contributed by atoms with E-state index in [9.17, 15) is 4.79 Å². The van der Waals surface area contributed by atoms with Crippen LogP contribution in [0.2, 0.25) is 0 Å². The standard InChI is InChI=1S/C13H18N4O2/c1-4-10-7-11(19-16-10)8-14-13(18)12-5-6-17(15-12)9(2)3/h5-7,9H,4,8H2,1-3H3,(H,14,18). The fourth-order valence-corrected chi connectivity index (χ4v) is 1.61. The van der Waals surface area contributed by atoms with Gasteiger partial charge in [0.15, 0.2) is 5.76 Å². The first-order chi connectivity index (χ1) is 9.10. The number of amides is 1. The van der Waals surface area contributed by atoms with E-state index in [2.05, 4.69) is 15.6 Å². The van der Waals surface area contributed by atoms with Gasteiger partial charge in [-0.25, -0.2) is 0 Å². The van der Waals surface area contributed by atoms with Gasteiger partial charge in [0.2, 0.25) is 0 Å². The van der Waals surface area contributed by atoms with Gasteiger partial charge >= 0.3 is 0 Å². The second kappa shape index (κ2) is 5.69. The topological polar surface area (TPSA) is 73.0 Å². The Morgan fingerprint density at radius 1 is 1.53 bits per heavy atom. The van der Waals surface area contributed by atoms with Crippen molar-refractivity contribution in [2.45, 2.75) is 39.8 Å². The van der Waals surface area contributed by atoms with Crippen LogP contribution in [0.5, 0.6) is 0 Å². The quantitative estimate of drug-likeness (QED) is 0.893. The molecule has 1 N–H and O–H groups in total.